The second-order valence-electron chi connectivity index (χ2n) is 6.42. The number of benzene rings is 1. The molecule has 1 aromatic carbocycles. The number of amides is 1. The smallest absolute Gasteiger partial charge is 0.272 e. The van der Waals surface area contributed by atoms with Crippen LogP contribution >= 0.6 is 22.7 Å². The molecule has 1 amide bonds. The summed E-state index contributed by atoms with van der Waals surface area (Å²) in [5, 5.41) is 1.50. The molecule has 0 aliphatic rings. The topological polar surface area (TPSA) is 68.2 Å². The third kappa shape index (κ3) is 4.13. The number of aryl methyl sites for hydroxylation is 2. The van der Waals surface area contributed by atoms with E-state index in [9.17, 15) is 4.79 Å². The maximum Gasteiger partial charge on any atom is 0.272 e. The minimum Gasteiger partial charge on any atom is -0.494 e. The molecule has 3 aromatic heterocycles. The average Bonchev–Trinajstić information content (AvgIpc) is 3.28. The number of pyridine rings is 1. The van der Waals surface area contributed by atoms with Crippen LogP contribution in [-0.2, 0) is 6.54 Å². The van der Waals surface area contributed by atoms with Crippen molar-refractivity contribution in [2.75, 3.05) is 11.5 Å². The molecule has 148 valence electrons. The van der Waals surface area contributed by atoms with Gasteiger partial charge in [0.15, 0.2) is 5.13 Å². The predicted octanol–water partition coefficient (Wildman–Crippen LogP) is 5.01. The van der Waals surface area contributed by atoms with Gasteiger partial charge < -0.3 is 4.74 Å². The summed E-state index contributed by atoms with van der Waals surface area (Å²) >= 11 is 2.88. The van der Waals surface area contributed by atoms with Crippen molar-refractivity contribution < 1.29 is 9.53 Å². The fourth-order valence-corrected chi connectivity index (χ4v) is 4.86. The number of rotatable bonds is 6. The standard InChI is InChI=1S/C21H20N4O2S2/c1-4-27-16-8-9-17-18(11-16)29-21(24-17)25(12-15-7-5-6-10-22-15)20(26)19-13(2)23-14(3)28-19/h5-11H,4,12H2,1-3H3. The molecule has 0 saturated heterocycles. The molecule has 0 aliphatic heterocycles. The van der Waals surface area contributed by atoms with E-state index in [0.29, 0.717) is 23.2 Å². The number of carbonyl (C=O) groups excluding carboxylic acids is 1. The van der Waals surface area contributed by atoms with Gasteiger partial charge in [0.2, 0.25) is 0 Å². The minimum absolute atomic E-state index is 0.108. The fourth-order valence-electron chi connectivity index (χ4n) is 3.00. The fraction of sp³-hybridized carbons (Fsp3) is 0.238. The first kappa shape index (κ1) is 19.5. The van der Waals surface area contributed by atoms with E-state index in [2.05, 4.69) is 9.97 Å². The van der Waals surface area contributed by atoms with Crippen molar-refractivity contribution >= 4 is 43.9 Å². The van der Waals surface area contributed by atoms with Crippen LogP contribution in [0.5, 0.6) is 5.75 Å². The lowest BCUT2D eigenvalue weighted by Crippen LogP contribution is -2.30. The Balaban J connectivity index is 1.76. The van der Waals surface area contributed by atoms with Crippen LogP contribution in [0.3, 0.4) is 0 Å². The summed E-state index contributed by atoms with van der Waals surface area (Å²) in [6.45, 7) is 6.67. The molecule has 29 heavy (non-hydrogen) atoms. The Morgan fingerprint density at radius 1 is 1.14 bits per heavy atom. The van der Waals surface area contributed by atoms with Gasteiger partial charge in [0.25, 0.3) is 5.91 Å². The molecule has 3 heterocycles. The van der Waals surface area contributed by atoms with Crippen LogP contribution in [0.2, 0.25) is 0 Å². The molecule has 0 saturated carbocycles. The molecule has 0 radical (unpaired) electrons. The van der Waals surface area contributed by atoms with Crippen LogP contribution in [0, 0.1) is 13.8 Å². The van der Waals surface area contributed by atoms with Crippen molar-refractivity contribution in [3.8, 4) is 5.75 Å². The molecular formula is C21H20N4O2S2. The molecule has 4 rings (SSSR count). The van der Waals surface area contributed by atoms with Crippen molar-refractivity contribution in [3.63, 3.8) is 0 Å². The first-order valence-corrected chi connectivity index (χ1v) is 10.9. The maximum atomic E-state index is 13.4. The molecule has 4 aromatic rings. The van der Waals surface area contributed by atoms with E-state index in [1.165, 1.54) is 22.7 Å². The Bertz CT molecular complexity index is 1150. The molecule has 0 atom stereocenters. The summed E-state index contributed by atoms with van der Waals surface area (Å²) in [6.07, 6.45) is 1.73. The SMILES string of the molecule is CCOc1ccc2nc(N(Cc3ccccn3)C(=O)c3sc(C)nc3C)sc2c1. The van der Waals surface area contributed by atoms with Gasteiger partial charge in [-0.15, -0.1) is 11.3 Å². The summed E-state index contributed by atoms with van der Waals surface area (Å²) in [7, 11) is 0. The van der Waals surface area contributed by atoms with E-state index < -0.39 is 0 Å². The Kier molecular flexibility index (Phi) is 5.55. The van der Waals surface area contributed by atoms with Gasteiger partial charge in [-0.05, 0) is 51.1 Å². The Morgan fingerprint density at radius 3 is 2.69 bits per heavy atom. The molecular weight excluding hydrogens is 404 g/mol. The molecule has 0 aliphatic carbocycles. The van der Waals surface area contributed by atoms with Gasteiger partial charge in [-0.2, -0.15) is 0 Å². The summed E-state index contributed by atoms with van der Waals surface area (Å²) in [5.41, 5.74) is 2.38. The third-order valence-electron chi connectivity index (χ3n) is 4.28. The number of nitrogens with zero attached hydrogens (tertiary/aromatic N) is 4. The van der Waals surface area contributed by atoms with E-state index in [-0.39, 0.29) is 5.91 Å². The molecule has 0 unspecified atom stereocenters. The second-order valence-corrected chi connectivity index (χ2v) is 8.63. The van der Waals surface area contributed by atoms with Gasteiger partial charge in [0, 0.05) is 6.20 Å². The Labute approximate surface area is 176 Å². The van der Waals surface area contributed by atoms with E-state index in [1.54, 1.807) is 11.1 Å². The van der Waals surface area contributed by atoms with Crippen molar-refractivity contribution in [1.82, 2.24) is 15.0 Å². The zero-order chi connectivity index (χ0) is 20.4. The maximum absolute atomic E-state index is 13.4. The van der Waals surface area contributed by atoms with Gasteiger partial charge in [-0.3, -0.25) is 14.7 Å². The number of hydrogen-bond acceptors (Lipinski definition) is 7. The summed E-state index contributed by atoms with van der Waals surface area (Å²) in [4.78, 5) is 29.3. The van der Waals surface area contributed by atoms with Gasteiger partial charge in [-0.25, -0.2) is 9.97 Å². The van der Waals surface area contributed by atoms with E-state index in [1.807, 2.05) is 57.2 Å². The number of aromatic nitrogens is 3. The number of carbonyl (C=O) groups is 1. The highest BCUT2D eigenvalue weighted by atomic mass is 32.1. The van der Waals surface area contributed by atoms with Crippen LogP contribution in [0.25, 0.3) is 10.2 Å². The van der Waals surface area contributed by atoms with E-state index >= 15 is 0 Å². The number of fused-ring (bicyclic) bond motifs is 1. The van der Waals surface area contributed by atoms with Gasteiger partial charge in [-0.1, -0.05) is 17.4 Å². The van der Waals surface area contributed by atoms with Crippen LogP contribution in [0.1, 0.15) is 33.0 Å². The first-order chi connectivity index (χ1) is 14.0. The Morgan fingerprint density at radius 2 is 2.00 bits per heavy atom. The predicted molar refractivity (Wildman–Crippen MR) is 117 cm³/mol. The van der Waals surface area contributed by atoms with Crippen molar-refractivity contribution in [2.24, 2.45) is 0 Å². The average molecular weight is 425 g/mol. The monoisotopic (exact) mass is 424 g/mol. The van der Waals surface area contributed by atoms with Crippen LogP contribution < -0.4 is 9.64 Å². The number of anilines is 1. The van der Waals surface area contributed by atoms with Crippen LogP contribution in [-0.4, -0.2) is 27.5 Å². The third-order valence-corrected chi connectivity index (χ3v) is 6.38. The molecule has 6 nitrogen and oxygen atoms in total. The lowest BCUT2D eigenvalue weighted by molar-refractivity contribution is 0.0988. The highest BCUT2D eigenvalue weighted by Gasteiger charge is 2.25. The van der Waals surface area contributed by atoms with E-state index in [4.69, 9.17) is 9.72 Å². The molecule has 8 heteroatoms. The highest BCUT2D eigenvalue weighted by molar-refractivity contribution is 7.22. The lowest BCUT2D eigenvalue weighted by atomic mass is 10.3. The van der Waals surface area contributed by atoms with Gasteiger partial charge >= 0.3 is 0 Å². The van der Waals surface area contributed by atoms with Crippen molar-refractivity contribution in [3.05, 3.63) is 63.9 Å². The summed E-state index contributed by atoms with van der Waals surface area (Å²) < 4.78 is 6.57. The number of ether oxygens (including phenoxy) is 1. The van der Waals surface area contributed by atoms with Crippen LogP contribution in [0.15, 0.2) is 42.6 Å². The Hall–Kier alpha value is -2.84. The van der Waals surface area contributed by atoms with Gasteiger partial charge in [0.1, 0.15) is 10.6 Å². The highest BCUT2D eigenvalue weighted by Crippen LogP contribution is 2.34. The molecule has 0 bridgehead atoms. The van der Waals surface area contributed by atoms with Crippen LogP contribution in [0.4, 0.5) is 5.13 Å². The number of hydrogen-bond donors (Lipinski definition) is 0. The summed E-state index contributed by atoms with van der Waals surface area (Å²) in [6, 6.07) is 11.5. The van der Waals surface area contributed by atoms with Crippen molar-refractivity contribution in [1.29, 1.82) is 0 Å². The summed E-state index contributed by atoms with van der Waals surface area (Å²) in [5.74, 6) is 0.689. The van der Waals surface area contributed by atoms with Gasteiger partial charge in [0.05, 0.1) is 39.8 Å². The first-order valence-electron chi connectivity index (χ1n) is 9.24. The lowest BCUT2D eigenvalue weighted by Gasteiger charge is -2.19. The van der Waals surface area contributed by atoms with E-state index in [0.717, 1.165) is 32.4 Å². The molecule has 0 fully saturated rings. The van der Waals surface area contributed by atoms with Crippen molar-refractivity contribution in [2.45, 2.75) is 27.3 Å². The molecule has 0 N–H and O–H groups in total. The largest absolute Gasteiger partial charge is 0.494 e. The zero-order valence-corrected chi connectivity index (χ0v) is 18.0. The minimum atomic E-state index is -0.108. The zero-order valence-electron chi connectivity index (χ0n) is 16.4. The number of thiazole rings is 2. The second kappa shape index (κ2) is 8.26. The quantitative estimate of drug-likeness (QED) is 0.435. The normalized spacial score (nSPS) is 11.0. The molecule has 0 spiro atoms.